The zero-order valence-electron chi connectivity index (χ0n) is 19.8. The number of fused-ring (bicyclic) bond motifs is 1. The number of carbonyl (C=O) groups excluding carboxylic acids is 2. The number of pyridine rings is 1. The molecule has 35 heavy (non-hydrogen) atoms. The second-order valence-corrected chi connectivity index (χ2v) is 9.03. The number of nitrogens with zero attached hydrogens (tertiary/aromatic N) is 2. The molecule has 1 aromatic heterocycles. The van der Waals surface area contributed by atoms with Gasteiger partial charge in [-0.05, 0) is 40.8 Å². The third-order valence-corrected chi connectivity index (χ3v) is 6.74. The van der Waals surface area contributed by atoms with Gasteiger partial charge in [0.25, 0.3) is 5.91 Å². The van der Waals surface area contributed by atoms with E-state index in [1.54, 1.807) is 0 Å². The molecule has 2 heterocycles. The Labute approximate surface area is 205 Å². The van der Waals surface area contributed by atoms with Gasteiger partial charge in [-0.2, -0.15) is 0 Å². The monoisotopic (exact) mass is 467 g/mol. The van der Waals surface area contributed by atoms with Gasteiger partial charge in [0, 0.05) is 49.9 Å². The number of hydrogen-bond donors (Lipinski definition) is 3. The number of nitrogens with one attached hydrogen (secondary N) is 2. The van der Waals surface area contributed by atoms with E-state index in [0.29, 0.717) is 36.0 Å². The molecule has 5 rings (SSSR count). The molecule has 0 spiro atoms. The molecule has 2 aromatic carbocycles. The van der Waals surface area contributed by atoms with Gasteiger partial charge in [0.15, 0.2) is 0 Å². The lowest BCUT2D eigenvalue weighted by Gasteiger charge is -2.39. The number of allylic oxidation sites excluding steroid dienone is 1. The lowest BCUT2D eigenvalue weighted by molar-refractivity contribution is -0.135. The van der Waals surface area contributed by atoms with Gasteiger partial charge in [-0.3, -0.25) is 9.59 Å². The number of primary amides is 1. The van der Waals surface area contributed by atoms with Crippen LogP contribution < -0.4 is 16.4 Å². The van der Waals surface area contributed by atoms with Gasteiger partial charge in [0.1, 0.15) is 5.82 Å². The summed E-state index contributed by atoms with van der Waals surface area (Å²) in [6, 6.07) is 16.3. The van der Waals surface area contributed by atoms with E-state index in [4.69, 9.17) is 5.73 Å². The maximum Gasteiger partial charge on any atom is 0.252 e. The number of amides is 2. The van der Waals surface area contributed by atoms with Crippen molar-refractivity contribution in [1.82, 2.24) is 9.88 Å². The Morgan fingerprint density at radius 2 is 1.94 bits per heavy atom. The Morgan fingerprint density at radius 3 is 2.69 bits per heavy atom. The fourth-order valence-electron chi connectivity index (χ4n) is 4.68. The Hall–Kier alpha value is -4.13. The molecule has 0 radical (unpaired) electrons. The van der Waals surface area contributed by atoms with E-state index < -0.39 is 5.91 Å². The largest absolute Gasteiger partial charge is 0.380 e. The first-order chi connectivity index (χ1) is 17.0. The van der Waals surface area contributed by atoms with Crippen LogP contribution in [0.1, 0.15) is 51.9 Å². The topological polar surface area (TPSA) is 100 Å². The molecule has 7 heteroatoms. The Balaban J connectivity index is 1.27. The van der Waals surface area contributed by atoms with Crippen molar-refractivity contribution in [3.05, 3.63) is 88.6 Å². The number of nitrogens with two attached hydrogens (primary N) is 1. The summed E-state index contributed by atoms with van der Waals surface area (Å²) in [6.45, 7) is 4.03. The highest BCUT2D eigenvalue weighted by atomic mass is 16.2. The maximum absolute atomic E-state index is 12.0. The average molecular weight is 468 g/mol. The van der Waals surface area contributed by atoms with Gasteiger partial charge >= 0.3 is 0 Å². The molecule has 7 nitrogen and oxygen atoms in total. The molecular formula is C28H29N5O2. The molecule has 2 aliphatic rings. The molecule has 1 aliphatic carbocycles. The fourth-order valence-corrected chi connectivity index (χ4v) is 4.68. The lowest BCUT2D eigenvalue weighted by atomic mass is 9.91. The molecule has 4 N–H and O–H groups in total. The first-order valence-electron chi connectivity index (χ1n) is 12.0. The summed E-state index contributed by atoms with van der Waals surface area (Å²) >= 11 is 0. The number of rotatable bonds is 8. The van der Waals surface area contributed by atoms with Crippen molar-refractivity contribution >= 4 is 35.1 Å². The third-order valence-electron chi connectivity index (χ3n) is 6.74. The van der Waals surface area contributed by atoms with Gasteiger partial charge in [-0.1, -0.05) is 49.4 Å². The number of benzene rings is 2. The van der Waals surface area contributed by atoms with Crippen LogP contribution in [0.15, 0.2) is 60.8 Å². The molecule has 178 valence electrons. The van der Waals surface area contributed by atoms with E-state index in [1.165, 1.54) is 28.5 Å². The summed E-state index contributed by atoms with van der Waals surface area (Å²) in [5.41, 5.74) is 12.4. The van der Waals surface area contributed by atoms with Crippen molar-refractivity contribution in [1.29, 1.82) is 0 Å². The standard InChI is InChI=1S/C28H29N5O2/c1-2-27(34)33-16-21(17-33)18-9-11-22(12-10-18)32-26-13-25(24(15-31-26)28(29)35)30-14-20-7-3-5-19-6-4-8-23(19)20/h3-5,7-13,15,21H,2,6,14,16-17H2,1H3,(H2,29,35)(H2,30,31,32). The van der Waals surface area contributed by atoms with Gasteiger partial charge < -0.3 is 21.3 Å². The van der Waals surface area contributed by atoms with Crippen molar-refractivity contribution in [3.8, 4) is 0 Å². The van der Waals surface area contributed by atoms with Crippen LogP contribution in [0.25, 0.3) is 6.08 Å². The zero-order chi connectivity index (χ0) is 24.4. The summed E-state index contributed by atoms with van der Waals surface area (Å²) in [5, 5.41) is 6.69. The molecule has 1 saturated heterocycles. The molecule has 0 bridgehead atoms. The van der Waals surface area contributed by atoms with Crippen LogP contribution in [0.4, 0.5) is 17.2 Å². The van der Waals surface area contributed by atoms with E-state index in [0.717, 1.165) is 25.2 Å². The van der Waals surface area contributed by atoms with Crippen LogP contribution in [0.5, 0.6) is 0 Å². The Kier molecular flexibility index (Phi) is 6.23. The maximum atomic E-state index is 12.0. The highest BCUT2D eigenvalue weighted by Crippen LogP contribution is 2.30. The van der Waals surface area contributed by atoms with E-state index in [1.807, 2.05) is 30.0 Å². The number of likely N-dealkylation sites (tertiary alicyclic amines) is 1. The minimum Gasteiger partial charge on any atom is -0.380 e. The number of anilines is 3. The van der Waals surface area contributed by atoms with Gasteiger partial charge in [-0.15, -0.1) is 0 Å². The first kappa shape index (κ1) is 22.7. The molecule has 1 aliphatic heterocycles. The van der Waals surface area contributed by atoms with Crippen molar-refractivity contribution in [2.45, 2.75) is 32.2 Å². The van der Waals surface area contributed by atoms with Crippen molar-refractivity contribution in [3.63, 3.8) is 0 Å². The number of carbonyl (C=O) groups is 2. The van der Waals surface area contributed by atoms with Crippen LogP contribution in [0.2, 0.25) is 0 Å². The quantitative estimate of drug-likeness (QED) is 0.455. The van der Waals surface area contributed by atoms with E-state index in [-0.39, 0.29) is 5.91 Å². The highest BCUT2D eigenvalue weighted by Gasteiger charge is 2.30. The summed E-state index contributed by atoms with van der Waals surface area (Å²) < 4.78 is 0. The SMILES string of the molecule is CCC(=O)N1CC(c2ccc(Nc3cc(NCc4cccc5c4C=CC5)c(C(N)=O)cn3)cc2)C1. The molecule has 0 unspecified atom stereocenters. The molecule has 2 amide bonds. The highest BCUT2D eigenvalue weighted by molar-refractivity contribution is 5.98. The van der Waals surface area contributed by atoms with Crippen LogP contribution in [0, 0.1) is 0 Å². The summed E-state index contributed by atoms with van der Waals surface area (Å²) in [6.07, 6.45) is 7.32. The minimum atomic E-state index is -0.523. The van der Waals surface area contributed by atoms with Gasteiger partial charge in [0.05, 0.1) is 11.3 Å². The smallest absolute Gasteiger partial charge is 0.252 e. The lowest BCUT2D eigenvalue weighted by Crippen LogP contribution is -2.48. The van der Waals surface area contributed by atoms with Crippen LogP contribution in [-0.2, 0) is 17.8 Å². The first-order valence-corrected chi connectivity index (χ1v) is 12.0. The van der Waals surface area contributed by atoms with E-state index in [9.17, 15) is 9.59 Å². The summed E-state index contributed by atoms with van der Waals surface area (Å²) in [4.78, 5) is 30.0. The third kappa shape index (κ3) is 4.75. The van der Waals surface area contributed by atoms with Crippen LogP contribution in [-0.4, -0.2) is 34.8 Å². The van der Waals surface area contributed by atoms with Crippen LogP contribution >= 0.6 is 0 Å². The number of aromatic nitrogens is 1. The molecule has 0 atom stereocenters. The fraction of sp³-hybridized carbons (Fsp3) is 0.250. The van der Waals surface area contributed by atoms with Crippen molar-refractivity contribution < 1.29 is 9.59 Å². The average Bonchev–Trinajstić information content (AvgIpc) is 3.32. The molecule has 3 aromatic rings. The second kappa shape index (κ2) is 9.62. The minimum absolute atomic E-state index is 0.211. The molecule has 0 saturated carbocycles. The van der Waals surface area contributed by atoms with Gasteiger partial charge in [0.2, 0.25) is 5.91 Å². The van der Waals surface area contributed by atoms with Crippen molar-refractivity contribution in [2.75, 3.05) is 23.7 Å². The van der Waals surface area contributed by atoms with Gasteiger partial charge in [-0.25, -0.2) is 4.98 Å². The molecule has 1 fully saturated rings. The summed E-state index contributed by atoms with van der Waals surface area (Å²) in [5.74, 6) is 0.692. The predicted octanol–water partition coefficient (Wildman–Crippen LogP) is 4.44. The Bertz CT molecular complexity index is 1290. The molecular weight excluding hydrogens is 438 g/mol. The van der Waals surface area contributed by atoms with E-state index >= 15 is 0 Å². The zero-order valence-corrected chi connectivity index (χ0v) is 19.8. The number of hydrogen-bond acceptors (Lipinski definition) is 5. The van der Waals surface area contributed by atoms with E-state index in [2.05, 4.69) is 58.1 Å². The summed E-state index contributed by atoms with van der Waals surface area (Å²) in [7, 11) is 0. The predicted molar refractivity (Wildman–Crippen MR) is 139 cm³/mol. The van der Waals surface area contributed by atoms with Crippen LogP contribution in [0.3, 0.4) is 0 Å². The second-order valence-electron chi connectivity index (χ2n) is 9.03. The Morgan fingerprint density at radius 1 is 1.14 bits per heavy atom. The normalized spacial score (nSPS) is 14.4. The van der Waals surface area contributed by atoms with Crippen molar-refractivity contribution in [2.24, 2.45) is 5.73 Å².